The number of hydrogen-bond acceptors (Lipinski definition) is 9. The molecule has 0 bridgehead atoms. The first kappa shape index (κ1) is 14.7. The number of carboxylic acid groups (broad SMARTS) is 1. The Morgan fingerprint density at radius 1 is 1.15 bits per heavy atom. The molecule has 10 nitrogen and oxygen atoms in total. The minimum absolute atomic E-state index is 0.227. The second-order valence-electron chi connectivity index (χ2n) is 3.65. The van der Waals surface area contributed by atoms with Crippen LogP contribution in [0.2, 0.25) is 0 Å². The number of aromatic nitrogens is 8. The smallest absolute Gasteiger partial charge is 0.325 e. The summed E-state index contributed by atoms with van der Waals surface area (Å²) in [5, 5.41) is 32.0. The summed E-state index contributed by atoms with van der Waals surface area (Å²) >= 11 is 3.00. The van der Waals surface area contributed by atoms with Crippen LogP contribution in [0.3, 0.4) is 0 Å². The van der Waals surface area contributed by atoms with Crippen molar-refractivity contribution in [1.29, 1.82) is 0 Å². The quantitative estimate of drug-likeness (QED) is 0.506. The number of tetrazole rings is 2. The normalized spacial score (nSPS) is 10.8. The number of thioether (sulfide) groups is 2. The zero-order valence-electron chi connectivity index (χ0n) is 10.6. The lowest BCUT2D eigenvalue weighted by molar-refractivity contribution is -0.138. The molecule has 0 unspecified atom stereocenters. The Balaban J connectivity index is 1.70. The molecule has 0 aromatic carbocycles. The summed E-state index contributed by atoms with van der Waals surface area (Å²) in [5.74, 6) is 0.685. The number of aryl methyl sites for hydroxylation is 1. The third-order valence-electron chi connectivity index (χ3n) is 2.12. The van der Waals surface area contributed by atoms with E-state index >= 15 is 0 Å². The molecule has 12 heteroatoms. The number of hydrogen-bond donors (Lipinski definition) is 1. The molecule has 1 N–H and O–H groups in total. The molecule has 0 radical (unpaired) electrons. The molecule has 0 spiro atoms. The van der Waals surface area contributed by atoms with Crippen molar-refractivity contribution in [3.63, 3.8) is 0 Å². The van der Waals surface area contributed by atoms with Gasteiger partial charge in [-0.3, -0.25) is 4.79 Å². The van der Waals surface area contributed by atoms with Crippen LogP contribution < -0.4 is 0 Å². The summed E-state index contributed by atoms with van der Waals surface area (Å²) in [6.45, 7) is -0.227. The maximum absolute atomic E-state index is 10.6. The molecule has 2 aromatic heterocycles. The highest BCUT2D eigenvalue weighted by Gasteiger charge is 2.09. The van der Waals surface area contributed by atoms with Crippen LogP contribution in [-0.4, -0.2) is 63.0 Å². The molecule has 20 heavy (non-hydrogen) atoms. The van der Waals surface area contributed by atoms with Crippen molar-refractivity contribution in [1.82, 2.24) is 40.4 Å². The lowest BCUT2D eigenvalue weighted by Gasteiger charge is -2.01. The van der Waals surface area contributed by atoms with E-state index in [9.17, 15) is 4.79 Å². The molecule has 0 fully saturated rings. The third kappa shape index (κ3) is 4.16. The molecule has 2 aromatic rings. The predicted octanol–water partition coefficient (Wildman–Crippen LogP) is -0.444. The SMILES string of the molecule is Cn1nnnc1SCCCSc1nnnn1CC(=O)O. The van der Waals surface area contributed by atoms with E-state index in [0.717, 1.165) is 23.1 Å². The van der Waals surface area contributed by atoms with E-state index in [4.69, 9.17) is 5.11 Å². The summed E-state index contributed by atoms with van der Waals surface area (Å²) in [6.07, 6.45) is 0.905. The monoisotopic (exact) mass is 316 g/mol. The van der Waals surface area contributed by atoms with Gasteiger partial charge in [0.2, 0.25) is 10.3 Å². The van der Waals surface area contributed by atoms with Gasteiger partial charge in [-0.15, -0.1) is 10.2 Å². The van der Waals surface area contributed by atoms with Crippen molar-refractivity contribution < 1.29 is 9.90 Å². The molecule has 0 amide bonds. The summed E-state index contributed by atoms with van der Waals surface area (Å²) in [6, 6.07) is 0. The maximum Gasteiger partial charge on any atom is 0.325 e. The number of carbonyl (C=O) groups is 1. The first-order valence-corrected chi connectivity index (χ1v) is 7.60. The van der Waals surface area contributed by atoms with Crippen molar-refractivity contribution in [2.24, 2.45) is 7.05 Å². The van der Waals surface area contributed by atoms with Gasteiger partial charge in [-0.25, -0.2) is 9.36 Å². The Hall–Kier alpha value is -1.69. The fraction of sp³-hybridized carbons (Fsp3) is 0.625. The Labute approximate surface area is 122 Å². The zero-order chi connectivity index (χ0) is 14.4. The minimum atomic E-state index is -0.968. The fourth-order valence-electron chi connectivity index (χ4n) is 1.26. The van der Waals surface area contributed by atoms with E-state index in [-0.39, 0.29) is 6.54 Å². The van der Waals surface area contributed by atoms with Crippen LogP contribution in [-0.2, 0) is 18.4 Å². The van der Waals surface area contributed by atoms with Gasteiger partial charge in [-0.05, 0) is 27.3 Å². The molecule has 0 saturated carbocycles. The second kappa shape index (κ2) is 7.19. The molecule has 0 aliphatic rings. The van der Waals surface area contributed by atoms with Crippen molar-refractivity contribution >= 4 is 29.5 Å². The van der Waals surface area contributed by atoms with Gasteiger partial charge in [-0.1, -0.05) is 23.5 Å². The first-order valence-electron chi connectivity index (χ1n) is 5.62. The molecule has 0 aliphatic carbocycles. The molecule has 0 saturated heterocycles. The van der Waals surface area contributed by atoms with Gasteiger partial charge in [0.05, 0.1) is 0 Å². The van der Waals surface area contributed by atoms with Gasteiger partial charge in [0.15, 0.2) is 0 Å². The van der Waals surface area contributed by atoms with Crippen LogP contribution in [0.1, 0.15) is 6.42 Å². The average Bonchev–Trinajstić information content (AvgIpc) is 2.99. The summed E-state index contributed by atoms with van der Waals surface area (Å²) in [4.78, 5) is 10.6. The standard InChI is InChI=1S/C8H12N8O2S2/c1-15-7(9-11-13-15)19-3-2-4-20-8-10-12-14-16(8)5-6(17)18/h2-5H2,1H3,(H,17,18). The van der Waals surface area contributed by atoms with Gasteiger partial charge in [-0.2, -0.15) is 0 Å². The van der Waals surface area contributed by atoms with Crippen LogP contribution in [0.4, 0.5) is 0 Å². The topological polar surface area (TPSA) is 124 Å². The van der Waals surface area contributed by atoms with Crippen LogP contribution in [0.5, 0.6) is 0 Å². The predicted molar refractivity (Wildman–Crippen MR) is 70.3 cm³/mol. The molecule has 2 rings (SSSR count). The van der Waals surface area contributed by atoms with Crippen LogP contribution in [0, 0.1) is 0 Å². The van der Waals surface area contributed by atoms with E-state index in [1.807, 2.05) is 0 Å². The van der Waals surface area contributed by atoms with Crippen LogP contribution >= 0.6 is 23.5 Å². The highest BCUT2D eigenvalue weighted by atomic mass is 32.2. The zero-order valence-corrected chi connectivity index (χ0v) is 12.2. The fourth-order valence-corrected chi connectivity index (χ4v) is 3.04. The lowest BCUT2D eigenvalue weighted by atomic mass is 10.6. The van der Waals surface area contributed by atoms with E-state index < -0.39 is 5.97 Å². The molecule has 0 aliphatic heterocycles. The van der Waals surface area contributed by atoms with Gasteiger partial charge in [0, 0.05) is 18.6 Å². The Kier molecular flexibility index (Phi) is 5.29. The van der Waals surface area contributed by atoms with E-state index in [0.29, 0.717) is 5.16 Å². The molecular formula is C8H12N8O2S2. The van der Waals surface area contributed by atoms with E-state index in [1.165, 1.54) is 16.4 Å². The van der Waals surface area contributed by atoms with Gasteiger partial charge < -0.3 is 5.11 Å². The first-order chi connectivity index (χ1) is 9.66. The minimum Gasteiger partial charge on any atom is -0.480 e. The largest absolute Gasteiger partial charge is 0.480 e. The van der Waals surface area contributed by atoms with Crippen molar-refractivity contribution in [2.75, 3.05) is 11.5 Å². The third-order valence-corrected chi connectivity index (χ3v) is 4.26. The molecule has 2 heterocycles. The van der Waals surface area contributed by atoms with Crippen LogP contribution in [0.15, 0.2) is 10.3 Å². The Morgan fingerprint density at radius 2 is 1.80 bits per heavy atom. The highest BCUT2D eigenvalue weighted by molar-refractivity contribution is 8.00. The highest BCUT2D eigenvalue weighted by Crippen LogP contribution is 2.18. The number of carboxylic acids is 1. The van der Waals surface area contributed by atoms with Crippen LogP contribution in [0.25, 0.3) is 0 Å². The van der Waals surface area contributed by atoms with Crippen molar-refractivity contribution in [3.05, 3.63) is 0 Å². The number of rotatable bonds is 8. The summed E-state index contributed by atoms with van der Waals surface area (Å²) in [7, 11) is 1.79. The van der Waals surface area contributed by atoms with E-state index in [1.54, 1.807) is 23.5 Å². The Bertz CT molecular complexity index is 570. The van der Waals surface area contributed by atoms with Crippen molar-refractivity contribution in [3.8, 4) is 0 Å². The molecular weight excluding hydrogens is 304 g/mol. The summed E-state index contributed by atoms with van der Waals surface area (Å²) in [5.41, 5.74) is 0. The summed E-state index contributed by atoms with van der Waals surface area (Å²) < 4.78 is 2.89. The van der Waals surface area contributed by atoms with Crippen molar-refractivity contribution in [2.45, 2.75) is 23.3 Å². The molecule has 0 atom stereocenters. The number of aliphatic carboxylic acids is 1. The Morgan fingerprint density at radius 3 is 2.45 bits per heavy atom. The van der Waals surface area contributed by atoms with Gasteiger partial charge in [0.1, 0.15) is 6.54 Å². The van der Waals surface area contributed by atoms with E-state index in [2.05, 4.69) is 31.1 Å². The maximum atomic E-state index is 10.6. The van der Waals surface area contributed by atoms with Gasteiger partial charge >= 0.3 is 5.97 Å². The number of nitrogens with zero attached hydrogens (tertiary/aromatic N) is 8. The second-order valence-corrected chi connectivity index (χ2v) is 5.77. The van der Waals surface area contributed by atoms with Gasteiger partial charge in [0.25, 0.3) is 0 Å². The lowest BCUT2D eigenvalue weighted by Crippen LogP contribution is -2.11. The molecule has 108 valence electrons. The average molecular weight is 316 g/mol.